The van der Waals surface area contributed by atoms with Gasteiger partial charge in [0, 0.05) is 42.4 Å². The lowest BCUT2D eigenvalue weighted by Gasteiger charge is -2.21. The van der Waals surface area contributed by atoms with Gasteiger partial charge in [-0.15, -0.1) is 0 Å². The van der Waals surface area contributed by atoms with Crippen LogP contribution in [0.1, 0.15) is 47.9 Å². The maximum atomic E-state index is 12.2. The molecule has 0 aromatic heterocycles. The van der Waals surface area contributed by atoms with Crippen molar-refractivity contribution in [2.24, 2.45) is 0 Å². The first-order chi connectivity index (χ1) is 12.8. The Labute approximate surface area is 158 Å². The van der Waals surface area contributed by atoms with Crippen LogP contribution < -0.4 is 10.2 Å². The maximum absolute atomic E-state index is 12.2. The van der Waals surface area contributed by atoms with Gasteiger partial charge >= 0.3 is 0 Å². The third kappa shape index (κ3) is 5.60. The molecule has 0 aliphatic carbocycles. The number of carbonyl (C=O) groups excluding carboxylic acids is 4. The average molecular weight is 366 g/mol. The first kappa shape index (κ1) is 20.0. The molecule has 0 aliphatic rings. The molecule has 2 amide bonds. The fourth-order valence-electron chi connectivity index (χ4n) is 2.59. The summed E-state index contributed by atoms with van der Waals surface area (Å²) in [6.45, 7) is 4.54. The molecule has 2 rings (SSSR count). The number of amides is 2. The van der Waals surface area contributed by atoms with Crippen molar-refractivity contribution in [3.05, 3.63) is 59.7 Å². The number of benzene rings is 2. The zero-order valence-electron chi connectivity index (χ0n) is 15.6. The van der Waals surface area contributed by atoms with Crippen LogP contribution in [0.3, 0.4) is 0 Å². The summed E-state index contributed by atoms with van der Waals surface area (Å²) in [4.78, 5) is 48.4. The summed E-state index contributed by atoms with van der Waals surface area (Å²) < 4.78 is 0. The lowest BCUT2D eigenvalue weighted by atomic mass is 10.1. The summed E-state index contributed by atoms with van der Waals surface area (Å²) in [7, 11) is 0. The van der Waals surface area contributed by atoms with Gasteiger partial charge in [-0.1, -0.05) is 12.1 Å². The van der Waals surface area contributed by atoms with Crippen LogP contribution in [0.2, 0.25) is 0 Å². The molecule has 0 fully saturated rings. The number of hydrogen-bond acceptors (Lipinski definition) is 4. The van der Waals surface area contributed by atoms with Crippen LogP contribution in [0.4, 0.5) is 11.4 Å². The third-order valence-electron chi connectivity index (χ3n) is 4.08. The van der Waals surface area contributed by atoms with E-state index in [-0.39, 0.29) is 36.3 Å². The van der Waals surface area contributed by atoms with Gasteiger partial charge in [0.1, 0.15) is 0 Å². The van der Waals surface area contributed by atoms with Crippen molar-refractivity contribution in [3.8, 4) is 0 Å². The number of anilines is 2. The molecule has 6 nitrogen and oxygen atoms in total. The molecule has 2 aromatic rings. The number of Topliss-reactive ketones (excluding diaryl/α,β-unsaturated/α-hetero) is 2. The number of hydrogen-bond donors (Lipinski definition) is 1. The van der Waals surface area contributed by atoms with Crippen molar-refractivity contribution in [2.75, 3.05) is 16.8 Å². The summed E-state index contributed by atoms with van der Waals surface area (Å²) in [5, 5.41) is 2.74. The molecule has 0 radical (unpaired) electrons. The molecular formula is C21H22N2O4. The molecular weight excluding hydrogens is 344 g/mol. The Morgan fingerprint density at radius 2 is 1.48 bits per heavy atom. The van der Waals surface area contributed by atoms with Crippen molar-refractivity contribution in [1.82, 2.24) is 0 Å². The van der Waals surface area contributed by atoms with Crippen molar-refractivity contribution >= 4 is 34.8 Å². The summed E-state index contributed by atoms with van der Waals surface area (Å²) in [5.74, 6) is -0.598. The quantitative estimate of drug-likeness (QED) is 0.761. The Hall–Kier alpha value is -3.28. The Morgan fingerprint density at radius 3 is 2.04 bits per heavy atom. The highest BCUT2D eigenvalue weighted by atomic mass is 16.2. The van der Waals surface area contributed by atoms with E-state index in [2.05, 4.69) is 5.32 Å². The summed E-state index contributed by atoms with van der Waals surface area (Å²) in [6.07, 6.45) is 0.0956. The highest BCUT2D eigenvalue weighted by Gasteiger charge is 2.15. The van der Waals surface area contributed by atoms with E-state index in [1.165, 1.54) is 25.7 Å². The zero-order chi connectivity index (χ0) is 20.0. The van der Waals surface area contributed by atoms with E-state index in [0.717, 1.165) is 0 Å². The first-order valence-electron chi connectivity index (χ1n) is 8.58. The van der Waals surface area contributed by atoms with Crippen LogP contribution in [0.15, 0.2) is 48.5 Å². The molecule has 27 heavy (non-hydrogen) atoms. The van der Waals surface area contributed by atoms with Gasteiger partial charge in [-0.25, -0.2) is 0 Å². The summed E-state index contributed by atoms with van der Waals surface area (Å²) >= 11 is 0. The largest absolute Gasteiger partial charge is 0.326 e. The molecule has 0 bridgehead atoms. The van der Waals surface area contributed by atoms with Gasteiger partial charge in [-0.2, -0.15) is 0 Å². The Balaban J connectivity index is 2.02. The molecule has 6 heteroatoms. The lowest BCUT2D eigenvalue weighted by Crippen LogP contribution is -2.32. The number of carbonyl (C=O) groups is 4. The summed E-state index contributed by atoms with van der Waals surface area (Å²) in [6, 6.07) is 13.4. The Kier molecular flexibility index (Phi) is 6.60. The normalized spacial score (nSPS) is 10.2. The van der Waals surface area contributed by atoms with Crippen molar-refractivity contribution < 1.29 is 19.2 Å². The van der Waals surface area contributed by atoms with Gasteiger partial charge in [0.2, 0.25) is 11.8 Å². The van der Waals surface area contributed by atoms with Crippen LogP contribution in [-0.2, 0) is 9.59 Å². The first-order valence-corrected chi connectivity index (χ1v) is 8.58. The second-order valence-corrected chi connectivity index (χ2v) is 6.21. The van der Waals surface area contributed by atoms with E-state index in [1.807, 2.05) is 0 Å². The maximum Gasteiger partial charge on any atom is 0.226 e. The number of nitrogens with one attached hydrogen (secondary N) is 1. The smallest absolute Gasteiger partial charge is 0.226 e. The van der Waals surface area contributed by atoms with E-state index in [1.54, 1.807) is 48.5 Å². The lowest BCUT2D eigenvalue weighted by molar-refractivity contribution is -0.117. The van der Waals surface area contributed by atoms with Crippen molar-refractivity contribution in [1.29, 1.82) is 0 Å². The molecule has 0 saturated heterocycles. The fourth-order valence-corrected chi connectivity index (χ4v) is 2.59. The minimum Gasteiger partial charge on any atom is -0.326 e. The predicted octanol–water partition coefficient (Wildman–Crippen LogP) is 3.47. The van der Waals surface area contributed by atoms with Gasteiger partial charge in [-0.05, 0) is 50.2 Å². The SMILES string of the molecule is CC(=O)c1ccc(NC(=O)CCN(C(C)=O)c2cccc(C(C)=O)c2)cc1. The van der Waals surface area contributed by atoms with Gasteiger partial charge in [0.15, 0.2) is 11.6 Å². The molecule has 0 unspecified atom stereocenters. The summed E-state index contributed by atoms with van der Waals surface area (Å²) in [5.41, 5.74) is 2.24. The predicted molar refractivity (Wildman–Crippen MR) is 104 cm³/mol. The molecule has 0 aliphatic heterocycles. The van der Waals surface area contributed by atoms with Gasteiger partial charge in [0.25, 0.3) is 0 Å². The van der Waals surface area contributed by atoms with E-state index in [9.17, 15) is 19.2 Å². The zero-order valence-corrected chi connectivity index (χ0v) is 15.6. The molecule has 1 N–H and O–H groups in total. The van der Waals surface area contributed by atoms with Gasteiger partial charge in [-0.3, -0.25) is 19.2 Å². The second-order valence-electron chi connectivity index (χ2n) is 6.21. The van der Waals surface area contributed by atoms with Crippen molar-refractivity contribution in [2.45, 2.75) is 27.2 Å². The standard InChI is InChI=1S/C21H22N2O4/c1-14(24)17-7-9-19(10-8-17)22-21(27)11-12-23(16(3)26)20-6-4-5-18(13-20)15(2)25/h4-10,13H,11-12H2,1-3H3,(H,22,27). The van der Waals surface area contributed by atoms with E-state index in [0.29, 0.717) is 22.5 Å². The van der Waals surface area contributed by atoms with Crippen LogP contribution >= 0.6 is 0 Å². The average Bonchev–Trinajstić information content (AvgIpc) is 2.62. The number of ketones is 2. The number of rotatable bonds is 7. The van der Waals surface area contributed by atoms with Crippen molar-refractivity contribution in [3.63, 3.8) is 0 Å². The number of nitrogens with zero attached hydrogens (tertiary/aromatic N) is 1. The van der Waals surface area contributed by atoms with E-state index < -0.39 is 0 Å². The molecule has 0 saturated carbocycles. The monoisotopic (exact) mass is 366 g/mol. The van der Waals surface area contributed by atoms with Crippen LogP contribution in [0.25, 0.3) is 0 Å². The topological polar surface area (TPSA) is 83.6 Å². The van der Waals surface area contributed by atoms with E-state index >= 15 is 0 Å². The minimum atomic E-state index is -0.250. The third-order valence-corrected chi connectivity index (χ3v) is 4.08. The van der Waals surface area contributed by atoms with Gasteiger partial charge in [0.05, 0.1) is 0 Å². The molecule has 140 valence electrons. The van der Waals surface area contributed by atoms with Crippen LogP contribution in [0, 0.1) is 0 Å². The van der Waals surface area contributed by atoms with Gasteiger partial charge < -0.3 is 10.2 Å². The molecule has 0 spiro atoms. The second kappa shape index (κ2) is 8.89. The van der Waals surface area contributed by atoms with Crippen LogP contribution in [0.5, 0.6) is 0 Å². The minimum absolute atomic E-state index is 0.0437. The fraction of sp³-hybridized carbons (Fsp3) is 0.238. The molecule has 0 atom stereocenters. The Morgan fingerprint density at radius 1 is 0.852 bits per heavy atom. The Bertz CT molecular complexity index is 872. The van der Waals surface area contributed by atoms with Crippen LogP contribution in [-0.4, -0.2) is 29.9 Å². The highest BCUT2D eigenvalue weighted by molar-refractivity contribution is 5.98. The molecule has 0 heterocycles. The van der Waals surface area contributed by atoms with E-state index in [4.69, 9.17) is 0 Å². The highest BCUT2D eigenvalue weighted by Crippen LogP contribution is 2.18. The molecule has 2 aromatic carbocycles.